The number of nitrogens with one attached hydrogen (secondary N) is 1. The van der Waals surface area contributed by atoms with Crippen LogP contribution in [-0.4, -0.2) is 11.0 Å². The Kier molecular flexibility index (Phi) is 3.67. The standard InChI is InChI=1S/C17H14ClNO2/c18-13-5-7-14(8-6-13)19-17(21)15-9-11-3-1-2-4-12(11)10-16(15)20/h2,4-10,20H,1,3H2,(H,19,21). The molecule has 0 fully saturated rings. The van der Waals surface area contributed by atoms with Gasteiger partial charge in [-0.1, -0.05) is 23.8 Å². The van der Waals surface area contributed by atoms with E-state index < -0.39 is 0 Å². The molecule has 3 rings (SSSR count). The van der Waals surface area contributed by atoms with E-state index >= 15 is 0 Å². The lowest BCUT2D eigenvalue weighted by atomic mass is 9.94. The van der Waals surface area contributed by atoms with E-state index in [4.69, 9.17) is 11.6 Å². The lowest BCUT2D eigenvalue weighted by Crippen LogP contribution is -2.13. The lowest BCUT2D eigenvalue weighted by Gasteiger charge is -2.14. The Labute approximate surface area is 127 Å². The summed E-state index contributed by atoms with van der Waals surface area (Å²) in [4.78, 5) is 12.3. The van der Waals surface area contributed by atoms with E-state index in [1.54, 1.807) is 36.4 Å². The summed E-state index contributed by atoms with van der Waals surface area (Å²) in [6, 6.07) is 10.3. The van der Waals surface area contributed by atoms with Gasteiger partial charge in [0, 0.05) is 10.7 Å². The second-order valence-corrected chi connectivity index (χ2v) is 5.41. The summed E-state index contributed by atoms with van der Waals surface area (Å²) in [5.74, 6) is -0.334. The molecule has 21 heavy (non-hydrogen) atoms. The molecule has 4 heteroatoms. The number of rotatable bonds is 2. The molecule has 2 N–H and O–H groups in total. The van der Waals surface area contributed by atoms with Crippen LogP contribution in [0.4, 0.5) is 5.69 Å². The van der Waals surface area contributed by atoms with Gasteiger partial charge in [-0.05, 0) is 60.4 Å². The van der Waals surface area contributed by atoms with Gasteiger partial charge in [-0.2, -0.15) is 0 Å². The number of aromatic hydroxyl groups is 1. The molecule has 0 saturated carbocycles. The van der Waals surface area contributed by atoms with Crippen molar-refractivity contribution in [2.24, 2.45) is 0 Å². The van der Waals surface area contributed by atoms with E-state index in [1.807, 2.05) is 6.08 Å². The number of carbonyl (C=O) groups is 1. The molecule has 3 nitrogen and oxygen atoms in total. The number of phenolic OH excluding ortho intramolecular Hbond substituents is 1. The maximum absolute atomic E-state index is 12.3. The van der Waals surface area contributed by atoms with E-state index in [1.165, 1.54) is 0 Å². The second-order valence-electron chi connectivity index (χ2n) is 4.97. The first-order valence-electron chi connectivity index (χ1n) is 6.73. The average Bonchev–Trinajstić information content (AvgIpc) is 2.49. The van der Waals surface area contributed by atoms with Crippen LogP contribution in [0.5, 0.6) is 5.75 Å². The van der Waals surface area contributed by atoms with Crippen molar-refractivity contribution in [1.29, 1.82) is 0 Å². The van der Waals surface area contributed by atoms with Gasteiger partial charge in [-0.25, -0.2) is 0 Å². The molecule has 0 saturated heterocycles. The Morgan fingerprint density at radius 2 is 1.95 bits per heavy atom. The SMILES string of the molecule is O=C(Nc1ccc(Cl)cc1)c1cc2c(cc1O)C=CCC2. The fourth-order valence-corrected chi connectivity index (χ4v) is 2.51. The highest BCUT2D eigenvalue weighted by Gasteiger charge is 2.15. The quantitative estimate of drug-likeness (QED) is 0.870. The largest absolute Gasteiger partial charge is 0.507 e. The molecule has 1 aliphatic carbocycles. The van der Waals surface area contributed by atoms with E-state index in [0.717, 1.165) is 24.0 Å². The number of aryl methyl sites for hydroxylation is 1. The monoisotopic (exact) mass is 299 g/mol. The Morgan fingerprint density at radius 1 is 1.19 bits per heavy atom. The zero-order chi connectivity index (χ0) is 14.8. The van der Waals surface area contributed by atoms with Crippen molar-refractivity contribution in [2.75, 3.05) is 5.32 Å². The highest BCUT2D eigenvalue weighted by atomic mass is 35.5. The van der Waals surface area contributed by atoms with Crippen LogP contribution < -0.4 is 5.32 Å². The van der Waals surface area contributed by atoms with Crippen LogP contribution in [0.3, 0.4) is 0 Å². The summed E-state index contributed by atoms with van der Waals surface area (Å²) >= 11 is 5.81. The highest BCUT2D eigenvalue weighted by Crippen LogP contribution is 2.28. The molecular weight excluding hydrogens is 286 g/mol. The first kappa shape index (κ1) is 13.7. The van der Waals surface area contributed by atoms with Crippen LogP contribution in [0.15, 0.2) is 42.5 Å². The molecule has 0 bridgehead atoms. The average molecular weight is 300 g/mol. The van der Waals surface area contributed by atoms with Crippen LogP contribution in [0, 0.1) is 0 Å². The summed E-state index contributed by atoms with van der Waals surface area (Å²) in [5, 5.41) is 13.4. The van der Waals surface area contributed by atoms with Gasteiger partial charge in [0.05, 0.1) is 5.56 Å². The van der Waals surface area contributed by atoms with Crippen molar-refractivity contribution in [3.63, 3.8) is 0 Å². The first-order valence-corrected chi connectivity index (χ1v) is 7.10. The molecule has 0 radical (unpaired) electrons. The van der Waals surface area contributed by atoms with Crippen LogP contribution in [-0.2, 0) is 6.42 Å². The number of allylic oxidation sites excluding steroid dienone is 1. The molecule has 2 aromatic rings. The van der Waals surface area contributed by atoms with Gasteiger partial charge in [0.25, 0.3) is 5.91 Å². The minimum absolute atomic E-state index is 0.00763. The minimum Gasteiger partial charge on any atom is -0.507 e. The molecule has 1 amide bonds. The first-order chi connectivity index (χ1) is 10.1. The molecule has 0 heterocycles. The van der Waals surface area contributed by atoms with E-state index in [-0.39, 0.29) is 11.7 Å². The molecule has 0 aliphatic heterocycles. The Hall–Kier alpha value is -2.26. The van der Waals surface area contributed by atoms with Crippen molar-refractivity contribution in [1.82, 2.24) is 0 Å². The second kappa shape index (κ2) is 5.62. The van der Waals surface area contributed by atoms with Crippen molar-refractivity contribution >= 4 is 29.3 Å². The number of halogens is 1. The molecule has 0 spiro atoms. The van der Waals surface area contributed by atoms with Gasteiger partial charge >= 0.3 is 0 Å². The van der Waals surface area contributed by atoms with Crippen molar-refractivity contribution in [3.05, 3.63) is 64.2 Å². The van der Waals surface area contributed by atoms with Gasteiger partial charge < -0.3 is 10.4 Å². The van der Waals surface area contributed by atoms with E-state index in [0.29, 0.717) is 16.3 Å². The zero-order valence-electron chi connectivity index (χ0n) is 11.3. The number of amides is 1. The highest BCUT2D eigenvalue weighted by molar-refractivity contribution is 6.30. The number of anilines is 1. The van der Waals surface area contributed by atoms with Crippen LogP contribution >= 0.6 is 11.6 Å². The van der Waals surface area contributed by atoms with Gasteiger partial charge in [0.1, 0.15) is 5.75 Å². The van der Waals surface area contributed by atoms with Crippen molar-refractivity contribution in [3.8, 4) is 5.75 Å². The molecule has 0 unspecified atom stereocenters. The van der Waals surface area contributed by atoms with Gasteiger partial charge in [0.15, 0.2) is 0 Å². The predicted molar refractivity (Wildman–Crippen MR) is 84.9 cm³/mol. The third kappa shape index (κ3) is 2.93. The number of phenols is 1. The third-order valence-corrected chi connectivity index (χ3v) is 3.73. The summed E-state index contributed by atoms with van der Waals surface area (Å²) in [6.07, 6.45) is 5.87. The number of benzene rings is 2. The molecule has 1 aliphatic rings. The smallest absolute Gasteiger partial charge is 0.259 e. The summed E-state index contributed by atoms with van der Waals surface area (Å²) in [7, 11) is 0. The van der Waals surface area contributed by atoms with Crippen molar-refractivity contribution in [2.45, 2.75) is 12.8 Å². The van der Waals surface area contributed by atoms with Crippen LogP contribution in [0.2, 0.25) is 5.02 Å². The maximum atomic E-state index is 12.3. The Morgan fingerprint density at radius 3 is 2.71 bits per heavy atom. The fourth-order valence-electron chi connectivity index (χ4n) is 2.38. The maximum Gasteiger partial charge on any atom is 0.259 e. The molecule has 0 aromatic heterocycles. The normalized spacial score (nSPS) is 12.8. The van der Waals surface area contributed by atoms with Crippen LogP contribution in [0.25, 0.3) is 6.08 Å². The van der Waals surface area contributed by atoms with Crippen LogP contribution in [0.1, 0.15) is 27.9 Å². The summed E-state index contributed by atoms with van der Waals surface area (Å²) in [5.41, 5.74) is 2.98. The predicted octanol–water partition coefficient (Wildman–Crippen LogP) is 4.26. The van der Waals surface area contributed by atoms with Crippen molar-refractivity contribution < 1.29 is 9.90 Å². The zero-order valence-corrected chi connectivity index (χ0v) is 12.0. The Bertz CT molecular complexity index is 720. The molecule has 106 valence electrons. The molecule has 0 atom stereocenters. The minimum atomic E-state index is -0.327. The van der Waals surface area contributed by atoms with Gasteiger partial charge in [-0.3, -0.25) is 4.79 Å². The summed E-state index contributed by atoms with van der Waals surface area (Å²) < 4.78 is 0. The topological polar surface area (TPSA) is 49.3 Å². The lowest BCUT2D eigenvalue weighted by molar-refractivity contribution is 0.102. The fraction of sp³-hybridized carbons (Fsp3) is 0.118. The third-order valence-electron chi connectivity index (χ3n) is 3.48. The van der Waals surface area contributed by atoms with E-state index in [2.05, 4.69) is 11.4 Å². The Balaban J connectivity index is 1.87. The number of hydrogen-bond acceptors (Lipinski definition) is 2. The van der Waals surface area contributed by atoms with Gasteiger partial charge in [-0.15, -0.1) is 0 Å². The summed E-state index contributed by atoms with van der Waals surface area (Å²) in [6.45, 7) is 0. The van der Waals surface area contributed by atoms with E-state index in [9.17, 15) is 9.90 Å². The van der Waals surface area contributed by atoms with Gasteiger partial charge in [0.2, 0.25) is 0 Å². The molecule has 2 aromatic carbocycles. The number of hydrogen-bond donors (Lipinski definition) is 2. The number of carbonyl (C=O) groups excluding carboxylic acids is 1. The molecular formula is C17H14ClNO2. The number of fused-ring (bicyclic) bond motifs is 1.